The lowest BCUT2D eigenvalue weighted by molar-refractivity contribution is 0.169. The number of hydrogen-bond acceptors (Lipinski definition) is 6. The Balaban J connectivity index is 1.27. The van der Waals surface area contributed by atoms with Crippen LogP contribution < -0.4 is 11.0 Å². The van der Waals surface area contributed by atoms with Crippen LogP contribution in [0.15, 0.2) is 26.6 Å². The van der Waals surface area contributed by atoms with Crippen LogP contribution in [0.2, 0.25) is 0 Å². The summed E-state index contributed by atoms with van der Waals surface area (Å²) in [5, 5.41) is 11.9. The van der Waals surface area contributed by atoms with Gasteiger partial charge in [0.05, 0.1) is 5.69 Å². The Morgan fingerprint density at radius 2 is 2.10 bits per heavy atom. The van der Waals surface area contributed by atoms with Crippen LogP contribution >= 0.6 is 0 Å². The minimum atomic E-state index is 0.0313. The molecule has 4 heterocycles. The molecule has 2 aromatic heterocycles. The van der Waals surface area contributed by atoms with E-state index < -0.39 is 0 Å². The molecule has 4 rings (SSSR count). The van der Waals surface area contributed by atoms with E-state index in [0.29, 0.717) is 13.1 Å². The molecule has 0 saturated carbocycles. The highest BCUT2D eigenvalue weighted by Gasteiger charge is 2.20. The molecular weight excluding hydrogens is 384 g/mol. The second-order valence-electron chi connectivity index (χ2n) is 7.87. The summed E-state index contributed by atoms with van der Waals surface area (Å²) < 4.78 is 8.37. The SMILES string of the molecule is CCNC(=NCCCn1nc2n(c1=O)CCCC2)N1CCN(Cc2ccon2)CC1. The highest BCUT2D eigenvalue weighted by Crippen LogP contribution is 2.10. The van der Waals surface area contributed by atoms with E-state index in [2.05, 4.69) is 32.3 Å². The number of piperazine rings is 1. The molecule has 2 aliphatic rings. The number of aryl methyl sites for hydroxylation is 2. The van der Waals surface area contributed by atoms with Gasteiger partial charge in [-0.05, 0) is 26.2 Å². The lowest BCUT2D eigenvalue weighted by Crippen LogP contribution is -2.52. The number of nitrogens with one attached hydrogen (secondary N) is 1. The summed E-state index contributed by atoms with van der Waals surface area (Å²) in [6.45, 7) is 9.63. The van der Waals surface area contributed by atoms with Crippen LogP contribution in [0.4, 0.5) is 0 Å². The predicted molar refractivity (Wildman–Crippen MR) is 113 cm³/mol. The van der Waals surface area contributed by atoms with Gasteiger partial charge in [-0.15, -0.1) is 0 Å². The van der Waals surface area contributed by atoms with Crippen molar-refractivity contribution in [2.75, 3.05) is 39.3 Å². The second-order valence-corrected chi connectivity index (χ2v) is 7.87. The van der Waals surface area contributed by atoms with Gasteiger partial charge in [0.2, 0.25) is 0 Å². The fourth-order valence-electron chi connectivity index (χ4n) is 4.09. The first kappa shape index (κ1) is 20.6. The molecule has 0 spiro atoms. The van der Waals surface area contributed by atoms with E-state index in [1.165, 1.54) is 0 Å². The van der Waals surface area contributed by atoms with Crippen molar-refractivity contribution in [1.82, 2.24) is 34.6 Å². The van der Waals surface area contributed by atoms with Crippen LogP contribution in [0.3, 0.4) is 0 Å². The smallest absolute Gasteiger partial charge is 0.345 e. The standard InChI is InChI=1S/C20H32N8O2/c1-2-21-19(26-13-11-25(12-14-26)16-17-7-15-30-24-17)22-8-5-10-28-20(29)27-9-4-3-6-18(27)23-28/h7,15H,2-6,8-14,16H2,1H3,(H,21,22). The van der Waals surface area contributed by atoms with Crippen LogP contribution in [0, 0.1) is 0 Å². The van der Waals surface area contributed by atoms with Crippen molar-refractivity contribution in [3.63, 3.8) is 0 Å². The molecule has 2 aromatic rings. The number of guanidine groups is 1. The van der Waals surface area contributed by atoms with Gasteiger partial charge in [0.1, 0.15) is 12.1 Å². The van der Waals surface area contributed by atoms with Crippen molar-refractivity contribution in [1.29, 1.82) is 0 Å². The largest absolute Gasteiger partial charge is 0.364 e. The van der Waals surface area contributed by atoms with Crippen molar-refractivity contribution in [3.05, 3.63) is 34.3 Å². The van der Waals surface area contributed by atoms with Gasteiger partial charge in [0.25, 0.3) is 0 Å². The van der Waals surface area contributed by atoms with E-state index in [1.54, 1.807) is 10.9 Å². The average molecular weight is 417 g/mol. The summed E-state index contributed by atoms with van der Waals surface area (Å²) in [6, 6.07) is 1.92. The third kappa shape index (κ3) is 4.92. The Morgan fingerprint density at radius 3 is 2.83 bits per heavy atom. The molecule has 0 aromatic carbocycles. The van der Waals surface area contributed by atoms with Crippen molar-refractivity contribution < 1.29 is 4.52 Å². The predicted octanol–water partition coefficient (Wildman–Crippen LogP) is 0.543. The molecule has 0 atom stereocenters. The lowest BCUT2D eigenvalue weighted by atomic mass is 10.2. The normalized spacial score (nSPS) is 17.9. The van der Waals surface area contributed by atoms with Gasteiger partial charge >= 0.3 is 5.69 Å². The van der Waals surface area contributed by atoms with Gasteiger partial charge < -0.3 is 14.7 Å². The highest BCUT2D eigenvalue weighted by molar-refractivity contribution is 5.80. The molecule has 0 bridgehead atoms. The Hall–Kier alpha value is -2.62. The van der Waals surface area contributed by atoms with E-state index in [9.17, 15) is 4.79 Å². The van der Waals surface area contributed by atoms with Crippen LogP contribution in [-0.4, -0.2) is 74.5 Å². The van der Waals surface area contributed by atoms with Crippen molar-refractivity contribution in [2.45, 2.75) is 52.2 Å². The maximum Gasteiger partial charge on any atom is 0.345 e. The van der Waals surface area contributed by atoms with Gasteiger partial charge in [-0.25, -0.2) is 9.48 Å². The Morgan fingerprint density at radius 1 is 1.23 bits per heavy atom. The third-order valence-electron chi connectivity index (χ3n) is 5.70. The van der Waals surface area contributed by atoms with Gasteiger partial charge in [0, 0.05) is 71.4 Å². The molecule has 1 fully saturated rings. The van der Waals surface area contributed by atoms with Crippen molar-refractivity contribution in [2.24, 2.45) is 4.99 Å². The molecule has 0 radical (unpaired) electrons. The summed E-state index contributed by atoms with van der Waals surface area (Å²) in [7, 11) is 0. The number of fused-ring (bicyclic) bond motifs is 1. The van der Waals surface area contributed by atoms with Crippen LogP contribution in [-0.2, 0) is 26.1 Å². The highest BCUT2D eigenvalue weighted by atomic mass is 16.5. The Labute approximate surface area is 176 Å². The van der Waals surface area contributed by atoms with Gasteiger partial charge in [-0.3, -0.25) is 14.5 Å². The van der Waals surface area contributed by atoms with E-state index in [1.807, 2.05) is 10.6 Å². The molecule has 0 amide bonds. The average Bonchev–Trinajstić information content (AvgIpc) is 3.39. The Bertz CT molecular complexity index is 877. The monoisotopic (exact) mass is 416 g/mol. The maximum absolute atomic E-state index is 12.4. The molecule has 10 heteroatoms. The van der Waals surface area contributed by atoms with E-state index in [-0.39, 0.29) is 5.69 Å². The van der Waals surface area contributed by atoms with Crippen LogP contribution in [0.5, 0.6) is 0 Å². The first-order valence-electron chi connectivity index (χ1n) is 11.1. The van der Waals surface area contributed by atoms with Crippen molar-refractivity contribution in [3.8, 4) is 0 Å². The topological polar surface area (TPSA) is 96.7 Å². The minimum absolute atomic E-state index is 0.0313. The van der Waals surface area contributed by atoms with E-state index >= 15 is 0 Å². The first-order chi connectivity index (χ1) is 14.7. The summed E-state index contributed by atoms with van der Waals surface area (Å²) in [6.07, 6.45) is 5.53. The minimum Gasteiger partial charge on any atom is -0.364 e. The molecule has 0 unspecified atom stereocenters. The number of aliphatic imine (C=N–C) groups is 1. The molecule has 164 valence electrons. The van der Waals surface area contributed by atoms with Gasteiger partial charge in [-0.2, -0.15) is 5.10 Å². The molecular formula is C20H32N8O2. The van der Waals surface area contributed by atoms with Gasteiger partial charge in [0.15, 0.2) is 5.96 Å². The lowest BCUT2D eigenvalue weighted by Gasteiger charge is -2.36. The van der Waals surface area contributed by atoms with Crippen molar-refractivity contribution >= 4 is 5.96 Å². The quantitative estimate of drug-likeness (QED) is 0.400. The summed E-state index contributed by atoms with van der Waals surface area (Å²) in [4.78, 5) is 21.9. The first-order valence-corrected chi connectivity index (χ1v) is 11.1. The molecule has 2 aliphatic heterocycles. The summed E-state index contributed by atoms with van der Waals surface area (Å²) in [5.74, 6) is 1.89. The molecule has 30 heavy (non-hydrogen) atoms. The number of rotatable bonds is 7. The molecule has 1 N–H and O–H groups in total. The Kier molecular flexibility index (Phi) is 6.83. The third-order valence-corrected chi connectivity index (χ3v) is 5.70. The number of aromatic nitrogens is 4. The maximum atomic E-state index is 12.4. The zero-order valence-corrected chi connectivity index (χ0v) is 17.8. The number of hydrogen-bond donors (Lipinski definition) is 1. The molecule has 10 nitrogen and oxygen atoms in total. The van der Waals surface area contributed by atoms with Crippen LogP contribution in [0.25, 0.3) is 0 Å². The number of nitrogens with zero attached hydrogens (tertiary/aromatic N) is 7. The summed E-state index contributed by atoms with van der Waals surface area (Å²) >= 11 is 0. The fraction of sp³-hybridized carbons (Fsp3) is 0.700. The zero-order chi connectivity index (χ0) is 20.8. The summed E-state index contributed by atoms with van der Waals surface area (Å²) in [5.41, 5.74) is 1.00. The van der Waals surface area contributed by atoms with Gasteiger partial charge in [-0.1, -0.05) is 5.16 Å². The molecule has 0 aliphatic carbocycles. The second kappa shape index (κ2) is 9.92. The van der Waals surface area contributed by atoms with E-state index in [4.69, 9.17) is 9.52 Å². The fourth-order valence-corrected chi connectivity index (χ4v) is 4.09. The van der Waals surface area contributed by atoms with Crippen LogP contribution in [0.1, 0.15) is 37.7 Å². The molecule has 1 saturated heterocycles. The zero-order valence-electron chi connectivity index (χ0n) is 17.8. The van der Waals surface area contributed by atoms with E-state index in [0.717, 1.165) is 89.0 Å².